The van der Waals surface area contributed by atoms with Gasteiger partial charge in [0.2, 0.25) is 0 Å². The van der Waals surface area contributed by atoms with Crippen LogP contribution in [0.4, 0.5) is 0 Å². The van der Waals surface area contributed by atoms with E-state index in [1.54, 1.807) is 0 Å². The Balaban J connectivity index is 1.93. The summed E-state index contributed by atoms with van der Waals surface area (Å²) in [5.74, 6) is 0.672. The monoisotopic (exact) mass is 302 g/mol. The Morgan fingerprint density at radius 1 is 1.50 bits per heavy atom. The molecule has 1 aliphatic heterocycles. The number of hydrogen-bond acceptors (Lipinski definition) is 5. The number of rotatable bonds is 6. The zero-order chi connectivity index (χ0) is 14.6. The van der Waals surface area contributed by atoms with Gasteiger partial charge in [-0.3, -0.25) is 4.90 Å². The van der Waals surface area contributed by atoms with Crippen molar-refractivity contribution in [1.82, 2.24) is 19.6 Å². The summed E-state index contributed by atoms with van der Waals surface area (Å²) in [4.78, 5) is 9.03. The van der Waals surface area contributed by atoms with Gasteiger partial charge >= 0.3 is 0 Å². The first-order chi connectivity index (χ1) is 9.51. The lowest BCUT2D eigenvalue weighted by Gasteiger charge is -2.29. The fourth-order valence-corrected chi connectivity index (χ4v) is 3.37. The molecule has 2 N–H and O–H groups in total. The maximum absolute atomic E-state index is 12.2. The summed E-state index contributed by atoms with van der Waals surface area (Å²) < 4.78 is 32.3. The summed E-state index contributed by atoms with van der Waals surface area (Å²) in [6, 6.07) is -0.161. The highest BCUT2D eigenvalue weighted by Crippen LogP contribution is 2.07. The Bertz CT molecular complexity index is 523. The van der Waals surface area contributed by atoms with Gasteiger partial charge in [-0.1, -0.05) is 6.92 Å². The second kappa shape index (κ2) is 6.66. The molecule has 0 radical (unpaired) electrons. The average Bonchev–Trinajstić information content (AvgIpc) is 2.88. The van der Waals surface area contributed by atoms with Crippen molar-refractivity contribution >= 4 is 10.0 Å². The molecule has 2 rings (SSSR count). The third-order valence-corrected chi connectivity index (χ3v) is 4.72. The molecule has 1 aromatic heterocycles. The molecule has 0 saturated carbocycles. The fraction of sp³-hybridized carbons (Fsp3) is 0.750. The van der Waals surface area contributed by atoms with Gasteiger partial charge in [-0.25, -0.2) is 18.1 Å². The summed E-state index contributed by atoms with van der Waals surface area (Å²) >= 11 is 0. The summed E-state index contributed by atoms with van der Waals surface area (Å²) in [6.45, 7) is 7.57. The molecule has 114 valence electrons. The van der Waals surface area contributed by atoms with Crippen LogP contribution >= 0.6 is 0 Å². The van der Waals surface area contributed by atoms with E-state index in [0.717, 1.165) is 13.1 Å². The van der Waals surface area contributed by atoms with E-state index < -0.39 is 10.0 Å². The van der Waals surface area contributed by atoms with Gasteiger partial charge in [0.05, 0.1) is 19.4 Å². The van der Waals surface area contributed by atoms with Crippen LogP contribution in [0.1, 0.15) is 19.7 Å². The Morgan fingerprint density at radius 2 is 2.20 bits per heavy atom. The van der Waals surface area contributed by atoms with Gasteiger partial charge in [0.25, 0.3) is 10.0 Å². The van der Waals surface area contributed by atoms with Crippen LogP contribution < -0.4 is 4.72 Å². The first-order valence-corrected chi connectivity index (χ1v) is 8.36. The zero-order valence-electron chi connectivity index (χ0n) is 11.9. The van der Waals surface area contributed by atoms with E-state index in [0.29, 0.717) is 32.0 Å². The van der Waals surface area contributed by atoms with Gasteiger partial charge in [-0.15, -0.1) is 0 Å². The van der Waals surface area contributed by atoms with Crippen molar-refractivity contribution in [2.45, 2.75) is 31.3 Å². The van der Waals surface area contributed by atoms with E-state index in [2.05, 4.69) is 19.6 Å². The molecule has 1 aliphatic rings. The number of hydrogen-bond donors (Lipinski definition) is 2. The van der Waals surface area contributed by atoms with Crippen LogP contribution in [0.25, 0.3) is 0 Å². The predicted octanol–water partition coefficient (Wildman–Crippen LogP) is -0.0289. The number of sulfonamides is 1. The highest BCUT2D eigenvalue weighted by molar-refractivity contribution is 7.89. The largest absolute Gasteiger partial charge is 0.379 e. The zero-order valence-corrected chi connectivity index (χ0v) is 12.7. The SMILES string of the molecule is CCc1ncc(S(=O)(=O)NC(C)CN2CCOCC2)[nH]1. The third kappa shape index (κ3) is 4.02. The van der Waals surface area contributed by atoms with Crippen molar-refractivity contribution in [1.29, 1.82) is 0 Å². The molecule has 1 aromatic rings. The highest BCUT2D eigenvalue weighted by Gasteiger charge is 2.21. The minimum absolute atomic E-state index is 0.128. The molecule has 1 unspecified atom stereocenters. The molecular weight excluding hydrogens is 280 g/mol. The Morgan fingerprint density at radius 3 is 2.80 bits per heavy atom. The molecule has 0 aromatic carbocycles. The summed E-state index contributed by atoms with van der Waals surface area (Å²) in [5, 5.41) is 0.128. The third-order valence-electron chi connectivity index (χ3n) is 3.22. The molecule has 0 bridgehead atoms. The number of nitrogens with one attached hydrogen (secondary N) is 2. The predicted molar refractivity (Wildman–Crippen MR) is 75.0 cm³/mol. The van der Waals surface area contributed by atoms with Crippen LogP contribution in [-0.4, -0.2) is 62.2 Å². The lowest BCUT2D eigenvalue weighted by molar-refractivity contribution is 0.0354. The Kier molecular flexibility index (Phi) is 5.14. The number of imidazole rings is 1. The first-order valence-electron chi connectivity index (χ1n) is 6.87. The second-order valence-corrected chi connectivity index (χ2v) is 6.67. The van der Waals surface area contributed by atoms with Crippen LogP contribution in [0.5, 0.6) is 0 Å². The second-order valence-electron chi connectivity index (χ2n) is 4.98. The number of ether oxygens (including phenoxy) is 1. The molecule has 1 fully saturated rings. The van der Waals surface area contributed by atoms with E-state index in [1.165, 1.54) is 6.20 Å². The summed E-state index contributed by atoms with van der Waals surface area (Å²) in [6.07, 6.45) is 2.04. The molecule has 20 heavy (non-hydrogen) atoms. The maximum atomic E-state index is 12.2. The molecule has 0 spiro atoms. The Hall–Kier alpha value is -0.960. The molecule has 8 heteroatoms. The number of H-pyrrole nitrogens is 1. The van der Waals surface area contributed by atoms with Gasteiger partial charge < -0.3 is 9.72 Å². The average molecular weight is 302 g/mol. The molecule has 0 aliphatic carbocycles. The van der Waals surface area contributed by atoms with E-state index in [9.17, 15) is 8.42 Å². The number of morpholine rings is 1. The number of nitrogens with zero attached hydrogens (tertiary/aromatic N) is 2. The van der Waals surface area contributed by atoms with Crippen molar-refractivity contribution in [2.24, 2.45) is 0 Å². The lowest BCUT2D eigenvalue weighted by atomic mass is 10.3. The molecule has 2 heterocycles. The van der Waals surface area contributed by atoms with Gasteiger partial charge in [0, 0.05) is 32.1 Å². The smallest absolute Gasteiger partial charge is 0.257 e. The van der Waals surface area contributed by atoms with Gasteiger partial charge in [0.15, 0.2) is 5.03 Å². The van der Waals surface area contributed by atoms with E-state index in [4.69, 9.17) is 4.74 Å². The number of aromatic nitrogens is 2. The molecular formula is C12H22N4O3S. The summed E-state index contributed by atoms with van der Waals surface area (Å²) in [7, 11) is -3.53. The summed E-state index contributed by atoms with van der Waals surface area (Å²) in [5.41, 5.74) is 0. The van der Waals surface area contributed by atoms with Crippen molar-refractivity contribution in [2.75, 3.05) is 32.8 Å². The van der Waals surface area contributed by atoms with E-state index in [-0.39, 0.29) is 11.1 Å². The molecule has 7 nitrogen and oxygen atoms in total. The molecule has 1 atom stereocenters. The fourth-order valence-electron chi connectivity index (χ4n) is 2.20. The van der Waals surface area contributed by atoms with Crippen molar-refractivity contribution in [3.63, 3.8) is 0 Å². The number of aromatic amines is 1. The van der Waals surface area contributed by atoms with Gasteiger partial charge in [0.1, 0.15) is 5.82 Å². The quantitative estimate of drug-likeness (QED) is 0.770. The minimum atomic E-state index is -3.53. The Labute approximate surface area is 119 Å². The van der Waals surface area contributed by atoms with Gasteiger partial charge in [-0.2, -0.15) is 0 Å². The molecule has 0 amide bonds. The van der Waals surface area contributed by atoms with Crippen molar-refractivity contribution < 1.29 is 13.2 Å². The number of aryl methyl sites for hydroxylation is 1. The standard InChI is InChI=1S/C12H22N4O3S/c1-3-11-13-8-12(14-11)20(17,18)15-10(2)9-16-4-6-19-7-5-16/h8,10,15H,3-7,9H2,1-2H3,(H,13,14). The van der Waals surface area contributed by atoms with E-state index >= 15 is 0 Å². The maximum Gasteiger partial charge on any atom is 0.257 e. The normalized spacial score (nSPS) is 19.1. The topological polar surface area (TPSA) is 87.3 Å². The minimum Gasteiger partial charge on any atom is -0.379 e. The molecule has 1 saturated heterocycles. The van der Waals surface area contributed by atoms with Crippen LogP contribution in [-0.2, 0) is 21.2 Å². The first kappa shape index (κ1) is 15.4. The van der Waals surface area contributed by atoms with Crippen LogP contribution in [0.2, 0.25) is 0 Å². The van der Waals surface area contributed by atoms with Crippen LogP contribution in [0.3, 0.4) is 0 Å². The highest BCUT2D eigenvalue weighted by atomic mass is 32.2. The van der Waals surface area contributed by atoms with Crippen LogP contribution in [0, 0.1) is 0 Å². The van der Waals surface area contributed by atoms with Gasteiger partial charge in [-0.05, 0) is 6.92 Å². The van der Waals surface area contributed by atoms with Crippen molar-refractivity contribution in [3.8, 4) is 0 Å². The van der Waals surface area contributed by atoms with E-state index in [1.807, 2.05) is 13.8 Å². The lowest BCUT2D eigenvalue weighted by Crippen LogP contribution is -2.46. The van der Waals surface area contributed by atoms with Crippen molar-refractivity contribution in [3.05, 3.63) is 12.0 Å². The van der Waals surface area contributed by atoms with Crippen LogP contribution in [0.15, 0.2) is 11.2 Å².